The second-order valence-corrected chi connectivity index (χ2v) is 6.17. The van der Waals surface area contributed by atoms with Crippen molar-refractivity contribution in [3.63, 3.8) is 0 Å². The highest BCUT2D eigenvalue weighted by Crippen LogP contribution is 2.20. The molecule has 120 valence electrons. The van der Waals surface area contributed by atoms with E-state index in [9.17, 15) is 4.79 Å². The lowest BCUT2D eigenvalue weighted by Crippen LogP contribution is -2.53. The van der Waals surface area contributed by atoms with E-state index in [2.05, 4.69) is 16.8 Å². The first-order valence-corrected chi connectivity index (χ1v) is 8.26. The first kappa shape index (κ1) is 16.3. The van der Waals surface area contributed by atoms with Gasteiger partial charge in [-0.15, -0.1) is 6.58 Å². The zero-order valence-corrected chi connectivity index (χ0v) is 13.0. The number of aliphatic hydroxyl groups is 1. The SMILES string of the molecule is C=CCN1CCC(NC(=O)N2CCCCC2CCO)CC1. The molecule has 0 aliphatic carbocycles. The number of hydrogen-bond donors (Lipinski definition) is 2. The summed E-state index contributed by atoms with van der Waals surface area (Å²) in [6.45, 7) is 7.74. The summed E-state index contributed by atoms with van der Waals surface area (Å²) in [5.74, 6) is 0. The number of piperidine rings is 2. The molecule has 0 aromatic carbocycles. The van der Waals surface area contributed by atoms with Gasteiger partial charge in [-0.25, -0.2) is 4.79 Å². The monoisotopic (exact) mass is 295 g/mol. The number of hydrogen-bond acceptors (Lipinski definition) is 3. The van der Waals surface area contributed by atoms with E-state index in [1.165, 1.54) is 0 Å². The van der Waals surface area contributed by atoms with E-state index in [1.807, 2.05) is 11.0 Å². The van der Waals surface area contributed by atoms with Crippen LogP contribution in [-0.4, -0.2) is 65.8 Å². The molecule has 21 heavy (non-hydrogen) atoms. The fraction of sp³-hybridized carbons (Fsp3) is 0.812. The van der Waals surface area contributed by atoms with Crippen molar-refractivity contribution in [3.05, 3.63) is 12.7 Å². The number of aliphatic hydroxyl groups excluding tert-OH is 1. The molecule has 0 saturated carbocycles. The Balaban J connectivity index is 1.79. The van der Waals surface area contributed by atoms with Crippen molar-refractivity contribution in [1.29, 1.82) is 0 Å². The Morgan fingerprint density at radius 3 is 2.67 bits per heavy atom. The molecule has 2 amide bonds. The summed E-state index contributed by atoms with van der Waals surface area (Å²) in [5, 5.41) is 12.3. The van der Waals surface area contributed by atoms with Gasteiger partial charge in [0.1, 0.15) is 0 Å². The summed E-state index contributed by atoms with van der Waals surface area (Å²) in [6.07, 6.45) is 7.92. The van der Waals surface area contributed by atoms with Crippen LogP contribution in [0.2, 0.25) is 0 Å². The quantitative estimate of drug-likeness (QED) is 0.757. The third-order valence-corrected chi connectivity index (χ3v) is 4.65. The highest BCUT2D eigenvalue weighted by atomic mass is 16.3. The van der Waals surface area contributed by atoms with Crippen LogP contribution in [0.3, 0.4) is 0 Å². The average Bonchev–Trinajstić information content (AvgIpc) is 2.50. The summed E-state index contributed by atoms with van der Waals surface area (Å²) in [6, 6.07) is 0.565. The number of rotatable bonds is 5. The topological polar surface area (TPSA) is 55.8 Å². The van der Waals surface area contributed by atoms with Crippen LogP contribution < -0.4 is 5.32 Å². The minimum atomic E-state index is 0.0651. The third kappa shape index (κ3) is 4.71. The van der Waals surface area contributed by atoms with Crippen LogP contribution in [0.15, 0.2) is 12.7 Å². The van der Waals surface area contributed by atoms with Crippen LogP contribution in [-0.2, 0) is 0 Å². The van der Waals surface area contributed by atoms with Crippen molar-refractivity contribution >= 4 is 6.03 Å². The molecule has 1 unspecified atom stereocenters. The third-order valence-electron chi connectivity index (χ3n) is 4.65. The van der Waals surface area contributed by atoms with Crippen molar-refractivity contribution in [2.45, 2.75) is 50.6 Å². The van der Waals surface area contributed by atoms with Gasteiger partial charge in [-0.05, 0) is 38.5 Å². The largest absolute Gasteiger partial charge is 0.396 e. The molecule has 0 bridgehead atoms. The number of carbonyl (C=O) groups is 1. The minimum absolute atomic E-state index is 0.0651. The van der Waals surface area contributed by atoms with E-state index in [-0.39, 0.29) is 24.7 Å². The molecule has 2 aliphatic heterocycles. The maximum absolute atomic E-state index is 12.5. The molecule has 2 aliphatic rings. The Morgan fingerprint density at radius 2 is 2.00 bits per heavy atom. The van der Waals surface area contributed by atoms with Crippen LogP contribution in [0.1, 0.15) is 38.5 Å². The Hall–Kier alpha value is -1.07. The molecule has 0 spiro atoms. The second-order valence-electron chi connectivity index (χ2n) is 6.17. The van der Waals surface area contributed by atoms with Gasteiger partial charge in [0.25, 0.3) is 0 Å². The first-order chi connectivity index (χ1) is 10.2. The zero-order valence-electron chi connectivity index (χ0n) is 13.0. The van der Waals surface area contributed by atoms with Gasteiger partial charge in [-0.3, -0.25) is 4.90 Å². The van der Waals surface area contributed by atoms with Gasteiger partial charge in [0, 0.05) is 44.9 Å². The molecule has 2 saturated heterocycles. The van der Waals surface area contributed by atoms with Crippen molar-refractivity contribution < 1.29 is 9.90 Å². The molecule has 2 N–H and O–H groups in total. The predicted octanol–water partition coefficient (Wildman–Crippen LogP) is 1.58. The standard InChI is InChI=1S/C16H29N3O2/c1-2-9-18-11-6-14(7-12-18)17-16(21)19-10-4-3-5-15(19)8-13-20/h2,14-15,20H,1,3-13H2,(H,17,21). The zero-order chi connectivity index (χ0) is 15.1. The summed E-state index contributed by atoms with van der Waals surface area (Å²) in [5.41, 5.74) is 0. The lowest BCUT2D eigenvalue weighted by atomic mass is 10.00. The Kier molecular flexibility index (Phi) is 6.51. The Morgan fingerprint density at radius 1 is 1.24 bits per heavy atom. The fourth-order valence-corrected chi connectivity index (χ4v) is 3.42. The molecule has 5 heteroatoms. The van der Waals surface area contributed by atoms with Gasteiger partial charge in [0.05, 0.1) is 0 Å². The van der Waals surface area contributed by atoms with Gasteiger partial charge < -0.3 is 15.3 Å². The van der Waals surface area contributed by atoms with Crippen molar-refractivity contribution in [3.8, 4) is 0 Å². The van der Waals surface area contributed by atoms with Crippen molar-refractivity contribution in [2.75, 3.05) is 32.8 Å². The summed E-state index contributed by atoms with van der Waals surface area (Å²) in [4.78, 5) is 16.8. The van der Waals surface area contributed by atoms with E-state index < -0.39 is 0 Å². The molecule has 1 atom stereocenters. The first-order valence-electron chi connectivity index (χ1n) is 8.26. The highest BCUT2D eigenvalue weighted by molar-refractivity contribution is 5.75. The number of urea groups is 1. The van der Waals surface area contributed by atoms with Gasteiger partial charge in [-0.2, -0.15) is 0 Å². The van der Waals surface area contributed by atoms with E-state index in [1.54, 1.807) is 0 Å². The van der Waals surface area contributed by atoms with Crippen LogP contribution >= 0.6 is 0 Å². The van der Waals surface area contributed by atoms with Gasteiger partial charge in [0.15, 0.2) is 0 Å². The summed E-state index contributed by atoms with van der Waals surface area (Å²) < 4.78 is 0. The maximum Gasteiger partial charge on any atom is 0.317 e. The van der Waals surface area contributed by atoms with E-state index in [0.717, 1.165) is 58.3 Å². The number of carbonyl (C=O) groups excluding carboxylic acids is 1. The highest BCUT2D eigenvalue weighted by Gasteiger charge is 2.28. The number of nitrogens with zero attached hydrogens (tertiary/aromatic N) is 2. The fourth-order valence-electron chi connectivity index (χ4n) is 3.42. The number of amides is 2. The van der Waals surface area contributed by atoms with Gasteiger partial charge in [0.2, 0.25) is 0 Å². The molecule has 0 aromatic heterocycles. The van der Waals surface area contributed by atoms with Crippen LogP contribution in [0.4, 0.5) is 4.79 Å². The van der Waals surface area contributed by atoms with E-state index in [4.69, 9.17) is 5.11 Å². The van der Waals surface area contributed by atoms with E-state index >= 15 is 0 Å². The lowest BCUT2D eigenvalue weighted by molar-refractivity contribution is 0.125. The van der Waals surface area contributed by atoms with Gasteiger partial charge in [-0.1, -0.05) is 6.08 Å². The Bertz CT molecular complexity index is 338. The summed E-state index contributed by atoms with van der Waals surface area (Å²) >= 11 is 0. The molecule has 5 nitrogen and oxygen atoms in total. The Labute approximate surface area is 128 Å². The van der Waals surface area contributed by atoms with Gasteiger partial charge >= 0.3 is 6.03 Å². The van der Waals surface area contributed by atoms with Crippen LogP contribution in [0, 0.1) is 0 Å². The van der Waals surface area contributed by atoms with Crippen molar-refractivity contribution in [2.24, 2.45) is 0 Å². The maximum atomic E-state index is 12.5. The molecule has 2 rings (SSSR count). The molecular weight excluding hydrogens is 266 g/mol. The molecular formula is C16H29N3O2. The predicted molar refractivity (Wildman–Crippen MR) is 84.2 cm³/mol. The lowest BCUT2D eigenvalue weighted by Gasteiger charge is -2.38. The van der Waals surface area contributed by atoms with Crippen LogP contribution in [0.5, 0.6) is 0 Å². The van der Waals surface area contributed by atoms with Crippen LogP contribution in [0.25, 0.3) is 0 Å². The van der Waals surface area contributed by atoms with E-state index in [0.29, 0.717) is 6.42 Å². The minimum Gasteiger partial charge on any atom is -0.396 e. The van der Waals surface area contributed by atoms with Crippen molar-refractivity contribution in [1.82, 2.24) is 15.1 Å². The number of nitrogens with one attached hydrogen (secondary N) is 1. The summed E-state index contributed by atoms with van der Waals surface area (Å²) in [7, 11) is 0. The number of likely N-dealkylation sites (tertiary alicyclic amines) is 2. The molecule has 0 aromatic rings. The normalized spacial score (nSPS) is 24.8. The average molecular weight is 295 g/mol. The smallest absolute Gasteiger partial charge is 0.317 e. The molecule has 2 fully saturated rings. The molecule has 0 radical (unpaired) electrons. The molecule has 2 heterocycles. The second kappa shape index (κ2) is 8.39.